The zero-order valence-electron chi connectivity index (χ0n) is 14.8. The Morgan fingerprint density at radius 3 is 2.46 bits per heavy atom. The molecule has 2 fully saturated rings. The van der Waals surface area contributed by atoms with E-state index in [-0.39, 0.29) is 24.4 Å². The highest BCUT2D eigenvalue weighted by atomic mass is 35.5. The van der Waals surface area contributed by atoms with Gasteiger partial charge in [-0.3, -0.25) is 9.48 Å². The number of nitrogens with two attached hydrogens (primary N) is 1. The Hall–Kier alpha value is -1.85. The third-order valence-corrected chi connectivity index (χ3v) is 5.84. The number of halogens is 1. The van der Waals surface area contributed by atoms with E-state index in [4.69, 9.17) is 5.73 Å². The van der Waals surface area contributed by atoms with Gasteiger partial charge in [0.2, 0.25) is 5.91 Å². The maximum Gasteiger partial charge on any atom is 0.249 e. The molecule has 6 heteroatoms. The Bertz CT molecular complexity index is 692. The molecular weight excluding hydrogens is 348 g/mol. The number of fused-ring (bicyclic) bond motifs is 2. The second-order valence-electron chi connectivity index (χ2n) is 7.52. The van der Waals surface area contributed by atoms with E-state index in [1.54, 1.807) is 10.9 Å². The van der Waals surface area contributed by atoms with Gasteiger partial charge < -0.3 is 11.1 Å². The summed E-state index contributed by atoms with van der Waals surface area (Å²) in [7, 11) is 0. The molecule has 2 saturated carbocycles. The van der Waals surface area contributed by atoms with Crippen molar-refractivity contribution in [3.8, 4) is 0 Å². The van der Waals surface area contributed by atoms with Gasteiger partial charge in [0.1, 0.15) is 0 Å². The summed E-state index contributed by atoms with van der Waals surface area (Å²) in [6.45, 7) is 0. The van der Waals surface area contributed by atoms with Gasteiger partial charge in [0.25, 0.3) is 0 Å². The number of benzene rings is 1. The Morgan fingerprint density at radius 1 is 1.15 bits per heavy atom. The minimum Gasteiger partial charge on any atom is -0.351 e. The third kappa shape index (κ3) is 3.79. The van der Waals surface area contributed by atoms with Gasteiger partial charge in [0.15, 0.2) is 6.04 Å². The van der Waals surface area contributed by atoms with Crippen LogP contribution in [0, 0.1) is 11.8 Å². The average molecular weight is 375 g/mol. The van der Waals surface area contributed by atoms with Crippen molar-refractivity contribution in [2.24, 2.45) is 17.6 Å². The molecule has 1 aromatic carbocycles. The quantitative estimate of drug-likeness (QED) is 0.864. The van der Waals surface area contributed by atoms with Crippen molar-refractivity contribution in [1.82, 2.24) is 15.1 Å². The predicted molar refractivity (Wildman–Crippen MR) is 104 cm³/mol. The number of hydrogen-bond acceptors (Lipinski definition) is 3. The van der Waals surface area contributed by atoms with Crippen molar-refractivity contribution in [3.05, 3.63) is 54.4 Å². The largest absolute Gasteiger partial charge is 0.351 e. The van der Waals surface area contributed by atoms with Gasteiger partial charge in [-0.2, -0.15) is 5.10 Å². The Kier molecular flexibility index (Phi) is 5.99. The number of nitrogens with one attached hydrogen (secondary N) is 1. The highest BCUT2D eigenvalue weighted by Gasteiger charge is 2.41. The van der Waals surface area contributed by atoms with Crippen molar-refractivity contribution < 1.29 is 4.79 Å². The summed E-state index contributed by atoms with van der Waals surface area (Å²) in [6, 6.07) is 11.9. The first-order chi connectivity index (χ1) is 12.2. The molecule has 140 valence electrons. The Balaban J connectivity index is 0.00000196. The summed E-state index contributed by atoms with van der Waals surface area (Å²) in [5.74, 6) is 1.06. The van der Waals surface area contributed by atoms with Crippen LogP contribution in [0.2, 0.25) is 0 Å². The molecule has 3 atom stereocenters. The molecule has 4 rings (SSSR count). The molecule has 0 aliphatic heterocycles. The molecule has 2 aliphatic carbocycles. The second-order valence-corrected chi connectivity index (χ2v) is 7.52. The van der Waals surface area contributed by atoms with Gasteiger partial charge in [0, 0.05) is 24.5 Å². The van der Waals surface area contributed by atoms with E-state index in [9.17, 15) is 4.79 Å². The first-order valence-electron chi connectivity index (χ1n) is 9.32. The minimum absolute atomic E-state index is 0. The zero-order chi connectivity index (χ0) is 17.2. The number of rotatable bonds is 4. The summed E-state index contributed by atoms with van der Waals surface area (Å²) in [5.41, 5.74) is 7.18. The van der Waals surface area contributed by atoms with Crippen LogP contribution in [0.3, 0.4) is 0 Å². The number of amides is 1. The van der Waals surface area contributed by atoms with Gasteiger partial charge >= 0.3 is 0 Å². The summed E-state index contributed by atoms with van der Waals surface area (Å²) >= 11 is 0. The van der Waals surface area contributed by atoms with Crippen molar-refractivity contribution in [2.75, 3.05) is 0 Å². The molecule has 2 aromatic rings. The standard InChI is InChI=1S/C20H26N4O.ClH/c21-17-12-15-8-4-9-16(13-17)18(15)23-20(25)19(24-11-5-10-22-24)14-6-2-1-3-7-14;/h1-3,5-7,10-11,15-19H,4,8-9,12-13,21H2,(H,23,25);1H. The number of nitrogens with zero attached hydrogens (tertiary/aromatic N) is 2. The lowest BCUT2D eigenvalue weighted by Gasteiger charge is -2.45. The number of carbonyl (C=O) groups is 1. The summed E-state index contributed by atoms with van der Waals surface area (Å²) in [6.07, 6.45) is 9.24. The molecule has 0 spiro atoms. The van der Waals surface area contributed by atoms with E-state index in [0.717, 1.165) is 18.4 Å². The molecule has 5 nitrogen and oxygen atoms in total. The topological polar surface area (TPSA) is 72.9 Å². The molecule has 3 N–H and O–H groups in total. The smallest absolute Gasteiger partial charge is 0.249 e. The highest BCUT2D eigenvalue weighted by Crippen LogP contribution is 2.40. The van der Waals surface area contributed by atoms with Crippen LogP contribution in [0.15, 0.2) is 48.8 Å². The predicted octanol–water partition coefficient (Wildman–Crippen LogP) is 2.92. The summed E-state index contributed by atoms with van der Waals surface area (Å²) in [5, 5.41) is 7.70. The van der Waals surface area contributed by atoms with Crippen LogP contribution in [-0.2, 0) is 4.79 Å². The summed E-state index contributed by atoms with van der Waals surface area (Å²) < 4.78 is 1.75. The lowest BCUT2D eigenvalue weighted by molar-refractivity contribution is -0.125. The Morgan fingerprint density at radius 2 is 1.85 bits per heavy atom. The van der Waals surface area contributed by atoms with Crippen molar-refractivity contribution in [2.45, 2.75) is 50.2 Å². The number of aromatic nitrogens is 2. The van der Waals surface area contributed by atoms with E-state index in [2.05, 4.69) is 10.4 Å². The zero-order valence-corrected chi connectivity index (χ0v) is 15.6. The van der Waals surface area contributed by atoms with Crippen LogP contribution < -0.4 is 11.1 Å². The molecule has 26 heavy (non-hydrogen) atoms. The maximum absolute atomic E-state index is 13.2. The van der Waals surface area contributed by atoms with E-state index in [1.165, 1.54) is 19.3 Å². The molecule has 2 aliphatic rings. The highest BCUT2D eigenvalue weighted by molar-refractivity contribution is 5.85. The van der Waals surface area contributed by atoms with E-state index < -0.39 is 6.04 Å². The molecule has 0 saturated heterocycles. The van der Waals surface area contributed by atoms with Crippen molar-refractivity contribution in [1.29, 1.82) is 0 Å². The monoisotopic (exact) mass is 374 g/mol. The summed E-state index contributed by atoms with van der Waals surface area (Å²) in [4.78, 5) is 13.2. The van der Waals surface area contributed by atoms with Crippen LogP contribution in [0.1, 0.15) is 43.7 Å². The van der Waals surface area contributed by atoms with Gasteiger partial charge in [0.05, 0.1) is 0 Å². The molecule has 1 aromatic heterocycles. The van der Waals surface area contributed by atoms with Crippen LogP contribution >= 0.6 is 12.4 Å². The first-order valence-corrected chi connectivity index (χ1v) is 9.32. The van der Waals surface area contributed by atoms with Crippen LogP contribution in [0.4, 0.5) is 0 Å². The fraction of sp³-hybridized carbons (Fsp3) is 0.500. The molecule has 1 amide bonds. The average Bonchev–Trinajstić information content (AvgIpc) is 3.11. The van der Waals surface area contributed by atoms with Crippen LogP contribution in [-0.4, -0.2) is 27.8 Å². The SMILES string of the molecule is Cl.NC1CC2CCCC(C1)C2NC(=O)C(c1ccccc1)n1cccn1. The normalized spacial score (nSPS) is 28.7. The molecule has 1 heterocycles. The van der Waals surface area contributed by atoms with Gasteiger partial charge in [-0.25, -0.2) is 0 Å². The van der Waals surface area contributed by atoms with E-state index in [1.807, 2.05) is 42.6 Å². The number of carbonyl (C=O) groups excluding carboxylic acids is 1. The van der Waals surface area contributed by atoms with Gasteiger partial charge in [-0.15, -0.1) is 12.4 Å². The van der Waals surface area contributed by atoms with Gasteiger partial charge in [-0.1, -0.05) is 36.8 Å². The molecule has 3 unspecified atom stereocenters. The number of hydrogen-bond donors (Lipinski definition) is 2. The Labute approximate surface area is 160 Å². The molecule has 0 radical (unpaired) electrons. The van der Waals surface area contributed by atoms with Crippen molar-refractivity contribution >= 4 is 18.3 Å². The molecule has 2 bridgehead atoms. The lowest BCUT2D eigenvalue weighted by Crippen LogP contribution is -2.55. The van der Waals surface area contributed by atoms with Crippen LogP contribution in [0.25, 0.3) is 0 Å². The van der Waals surface area contributed by atoms with Crippen LogP contribution in [0.5, 0.6) is 0 Å². The van der Waals surface area contributed by atoms with E-state index in [0.29, 0.717) is 17.9 Å². The van der Waals surface area contributed by atoms with Gasteiger partial charge in [-0.05, 0) is 49.1 Å². The minimum atomic E-state index is -0.424. The third-order valence-electron chi connectivity index (χ3n) is 5.84. The second kappa shape index (κ2) is 8.23. The first kappa shape index (κ1) is 18.9. The van der Waals surface area contributed by atoms with E-state index >= 15 is 0 Å². The fourth-order valence-electron chi connectivity index (χ4n) is 4.76. The van der Waals surface area contributed by atoms with Crippen molar-refractivity contribution in [3.63, 3.8) is 0 Å². The molecular formula is C20H27ClN4O. The fourth-order valence-corrected chi connectivity index (χ4v) is 4.76. The maximum atomic E-state index is 13.2. The lowest BCUT2D eigenvalue weighted by atomic mass is 9.67.